The number of halogens is 3. The lowest BCUT2D eigenvalue weighted by Crippen LogP contribution is -2.17. The third-order valence-electron chi connectivity index (χ3n) is 3.69. The van der Waals surface area contributed by atoms with Gasteiger partial charge in [0.2, 0.25) is 0 Å². The summed E-state index contributed by atoms with van der Waals surface area (Å²) in [5.74, 6) is -1.43. The number of carbonyl (C=O) groups excluding carboxylic acids is 2. The molecule has 0 aliphatic heterocycles. The molecule has 1 amide bonds. The number of rotatable bonds is 5. The fourth-order valence-corrected chi connectivity index (χ4v) is 2.61. The van der Waals surface area contributed by atoms with Crippen LogP contribution in [-0.4, -0.2) is 18.1 Å². The van der Waals surface area contributed by atoms with Crippen LogP contribution in [0, 0.1) is 5.82 Å². The number of hydrogen-bond donors (Lipinski definition) is 1. The maximum absolute atomic E-state index is 13.2. The Morgan fingerprint density at radius 2 is 1.72 bits per heavy atom. The summed E-state index contributed by atoms with van der Waals surface area (Å²) in [5.41, 5.74) is 3.33. The van der Waals surface area contributed by atoms with E-state index >= 15 is 0 Å². The summed E-state index contributed by atoms with van der Waals surface area (Å²) in [6, 6.07) is 16.1. The molecule has 0 unspecified atom stereocenters. The van der Waals surface area contributed by atoms with E-state index in [0.717, 1.165) is 6.07 Å². The standard InChI is InChI=1S/C21H13Cl2FN2O3/c22-18-8-7-14(11-19(18)23)20(27)26-25-12-13-3-1-6-17(9-13)29-21(28)15-4-2-5-16(24)10-15/h1-12H,(H,26,27)/b25-12-. The largest absolute Gasteiger partial charge is 0.423 e. The number of ether oxygens (including phenoxy) is 1. The minimum absolute atomic E-state index is 0.0953. The monoisotopic (exact) mass is 430 g/mol. The summed E-state index contributed by atoms with van der Waals surface area (Å²) in [7, 11) is 0. The predicted octanol–water partition coefficient (Wildman–Crippen LogP) is 5.12. The third-order valence-corrected chi connectivity index (χ3v) is 4.43. The molecule has 8 heteroatoms. The topological polar surface area (TPSA) is 67.8 Å². The zero-order chi connectivity index (χ0) is 20.8. The number of hydrazone groups is 1. The van der Waals surface area contributed by atoms with Gasteiger partial charge in [0.05, 0.1) is 21.8 Å². The summed E-state index contributed by atoms with van der Waals surface area (Å²) in [5, 5.41) is 4.47. The van der Waals surface area contributed by atoms with E-state index in [1.165, 1.54) is 42.6 Å². The summed E-state index contributed by atoms with van der Waals surface area (Å²) >= 11 is 11.7. The first-order chi connectivity index (χ1) is 13.9. The van der Waals surface area contributed by atoms with Crippen molar-refractivity contribution >= 4 is 41.3 Å². The highest BCUT2D eigenvalue weighted by molar-refractivity contribution is 6.42. The lowest BCUT2D eigenvalue weighted by molar-refractivity contribution is 0.0734. The second-order valence-corrected chi connectivity index (χ2v) is 6.61. The molecule has 0 saturated heterocycles. The maximum Gasteiger partial charge on any atom is 0.343 e. The molecule has 3 aromatic rings. The lowest BCUT2D eigenvalue weighted by atomic mass is 10.2. The molecule has 3 rings (SSSR count). The lowest BCUT2D eigenvalue weighted by Gasteiger charge is -2.05. The summed E-state index contributed by atoms with van der Waals surface area (Å²) in [6.45, 7) is 0. The molecular weight excluding hydrogens is 418 g/mol. The summed E-state index contributed by atoms with van der Waals surface area (Å²) in [4.78, 5) is 24.2. The van der Waals surface area contributed by atoms with E-state index in [1.54, 1.807) is 24.3 Å². The first-order valence-corrected chi connectivity index (χ1v) is 9.04. The predicted molar refractivity (Wildman–Crippen MR) is 109 cm³/mol. The van der Waals surface area contributed by atoms with Gasteiger partial charge in [-0.05, 0) is 54.1 Å². The van der Waals surface area contributed by atoms with Crippen LogP contribution in [0.2, 0.25) is 10.0 Å². The van der Waals surface area contributed by atoms with E-state index in [9.17, 15) is 14.0 Å². The van der Waals surface area contributed by atoms with Crippen molar-refractivity contribution in [3.05, 3.63) is 99.3 Å². The van der Waals surface area contributed by atoms with Crippen LogP contribution in [0.25, 0.3) is 0 Å². The minimum Gasteiger partial charge on any atom is -0.423 e. The smallest absolute Gasteiger partial charge is 0.343 e. The third kappa shape index (κ3) is 5.63. The Kier molecular flexibility index (Phi) is 6.59. The molecule has 5 nitrogen and oxygen atoms in total. The van der Waals surface area contributed by atoms with Gasteiger partial charge in [-0.2, -0.15) is 5.10 Å². The number of benzene rings is 3. The van der Waals surface area contributed by atoms with Crippen molar-refractivity contribution in [2.45, 2.75) is 0 Å². The molecule has 0 fully saturated rings. The molecule has 0 heterocycles. The number of amides is 1. The Hall–Kier alpha value is -3.22. The molecular formula is C21H13Cl2FN2O3. The molecule has 0 bridgehead atoms. The Labute approximate surface area is 175 Å². The highest BCUT2D eigenvalue weighted by atomic mass is 35.5. The van der Waals surface area contributed by atoms with Gasteiger partial charge in [-0.1, -0.05) is 41.4 Å². The molecule has 1 N–H and O–H groups in total. The van der Waals surface area contributed by atoms with Crippen molar-refractivity contribution in [3.8, 4) is 5.75 Å². The normalized spacial score (nSPS) is 10.7. The van der Waals surface area contributed by atoms with Crippen LogP contribution in [-0.2, 0) is 0 Å². The average molecular weight is 431 g/mol. The Morgan fingerprint density at radius 3 is 2.48 bits per heavy atom. The Bertz CT molecular complexity index is 1100. The van der Waals surface area contributed by atoms with Gasteiger partial charge < -0.3 is 4.74 Å². The molecule has 0 spiro atoms. The van der Waals surface area contributed by atoms with Gasteiger partial charge in [0.25, 0.3) is 5.91 Å². The molecule has 0 saturated carbocycles. The molecule has 0 atom stereocenters. The van der Waals surface area contributed by atoms with Crippen LogP contribution >= 0.6 is 23.2 Å². The SMILES string of the molecule is O=C(N/N=C\c1cccc(OC(=O)c2cccc(F)c2)c1)c1ccc(Cl)c(Cl)c1. The second-order valence-electron chi connectivity index (χ2n) is 5.80. The summed E-state index contributed by atoms with van der Waals surface area (Å²) in [6.07, 6.45) is 1.38. The fraction of sp³-hybridized carbons (Fsp3) is 0. The van der Waals surface area contributed by atoms with Gasteiger partial charge in [-0.25, -0.2) is 14.6 Å². The van der Waals surface area contributed by atoms with E-state index in [2.05, 4.69) is 10.5 Å². The number of esters is 1. The van der Waals surface area contributed by atoms with Gasteiger partial charge in [-0.15, -0.1) is 0 Å². The second kappa shape index (κ2) is 9.32. The van der Waals surface area contributed by atoms with E-state index in [4.69, 9.17) is 27.9 Å². The highest BCUT2D eigenvalue weighted by Crippen LogP contribution is 2.22. The number of carbonyl (C=O) groups is 2. The molecule has 0 radical (unpaired) electrons. The van der Waals surface area contributed by atoms with E-state index in [0.29, 0.717) is 16.1 Å². The zero-order valence-electron chi connectivity index (χ0n) is 14.7. The van der Waals surface area contributed by atoms with Gasteiger partial charge >= 0.3 is 5.97 Å². The molecule has 3 aromatic carbocycles. The first kappa shape index (κ1) is 20.5. The quantitative estimate of drug-likeness (QED) is 0.264. The number of hydrogen-bond acceptors (Lipinski definition) is 4. The molecule has 0 aliphatic rings. The van der Waals surface area contributed by atoms with Crippen LogP contribution in [0.15, 0.2) is 71.8 Å². The minimum atomic E-state index is -0.688. The van der Waals surface area contributed by atoms with Crippen molar-refractivity contribution < 1.29 is 18.7 Å². The van der Waals surface area contributed by atoms with Gasteiger partial charge in [0.1, 0.15) is 11.6 Å². The van der Waals surface area contributed by atoms with Crippen molar-refractivity contribution in [3.63, 3.8) is 0 Å². The van der Waals surface area contributed by atoms with Crippen molar-refractivity contribution in [1.29, 1.82) is 0 Å². The Balaban J connectivity index is 1.64. The average Bonchev–Trinajstić information content (AvgIpc) is 2.70. The van der Waals surface area contributed by atoms with E-state index in [-0.39, 0.29) is 16.3 Å². The maximum atomic E-state index is 13.2. The van der Waals surface area contributed by atoms with Crippen LogP contribution in [0.1, 0.15) is 26.3 Å². The molecule has 0 aliphatic carbocycles. The first-order valence-electron chi connectivity index (χ1n) is 8.28. The number of nitrogens with zero attached hydrogens (tertiary/aromatic N) is 1. The van der Waals surface area contributed by atoms with Crippen LogP contribution < -0.4 is 10.2 Å². The zero-order valence-corrected chi connectivity index (χ0v) is 16.2. The molecule has 146 valence electrons. The molecule has 0 aromatic heterocycles. The highest BCUT2D eigenvalue weighted by Gasteiger charge is 2.10. The van der Waals surface area contributed by atoms with Crippen molar-refractivity contribution in [2.24, 2.45) is 5.10 Å². The van der Waals surface area contributed by atoms with E-state index in [1.807, 2.05) is 0 Å². The summed E-state index contributed by atoms with van der Waals surface area (Å²) < 4.78 is 18.5. The van der Waals surface area contributed by atoms with Crippen LogP contribution in [0.4, 0.5) is 4.39 Å². The number of nitrogens with one attached hydrogen (secondary N) is 1. The van der Waals surface area contributed by atoms with E-state index < -0.39 is 17.7 Å². The molecule has 29 heavy (non-hydrogen) atoms. The van der Waals surface area contributed by atoms with Crippen molar-refractivity contribution in [2.75, 3.05) is 0 Å². The van der Waals surface area contributed by atoms with Crippen LogP contribution in [0.3, 0.4) is 0 Å². The Morgan fingerprint density at radius 1 is 0.931 bits per heavy atom. The van der Waals surface area contributed by atoms with Gasteiger partial charge in [0.15, 0.2) is 0 Å². The van der Waals surface area contributed by atoms with Gasteiger partial charge in [-0.3, -0.25) is 4.79 Å². The van der Waals surface area contributed by atoms with Crippen molar-refractivity contribution in [1.82, 2.24) is 5.43 Å². The fourth-order valence-electron chi connectivity index (χ4n) is 2.31. The van der Waals surface area contributed by atoms with Gasteiger partial charge in [0, 0.05) is 5.56 Å². The van der Waals surface area contributed by atoms with Crippen LogP contribution in [0.5, 0.6) is 5.75 Å².